The van der Waals surface area contributed by atoms with Crippen LogP contribution in [0.15, 0.2) is 72.8 Å². The second-order valence-corrected chi connectivity index (χ2v) is 9.17. The maximum Gasteiger partial charge on any atom is 0.251 e. The molecule has 1 aromatic heterocycles. The van der Waals surface area contributed by atoms with Crippen LogP contribution in [0.1, 0.15) is 28.8 Å². The summed E-state index contributed by atoms with van der Waals surface area (Å²) in [7, 11) is 3.30. The van der Waals surface area contributed by atoms with E-state index in [0.717, 1.165) is 54.2 Å². The zero-order chi connectivity index (χ0) is 25.7. The molecule has 37 heavy (non-hydrogen) atoms. The van der Waals surface area contributed by atoms with Crippen LogP contribution in [0.5, 0.6) is 5.75 Å². The minimum Gasteiger partial charge on any atom is -0.497 e. The van der Waals surface area contributed by atoms with Gasteiger partial charge in [0.1, 0.15) is 11.6 Å². The summed E-state index contributed by atoms with van der Waals surface area (Å²) in [6, 6.07) is 23.5. The molecule has 0 bridgehead atoms. The number of nitrogens with one attached hydrogen (secondary N) is 3. The van der Waals surface area contributed by atoms with Crippen LogP contribution in [0.4, 0.5) is 17.5 Å². The Bertz CT molecular complexity index is 1370. The zero-order valence-corrected chi connectivity index (χ0v) is 21.1. The van der Waals surface area contributed by atoms with Crippen molar-refractivity contribution >= 4 is 34.3 Å². The number of benzene rings is 3. The third-order valence-corrected chi connectivity index (χ3v) is 6.98. The van der Waals surface area contributed by atoms with E-state index >= 15 is 0 Å². The molecular formula is C29H31N5O3. The lowest BCUT2D eigenvalue weighted by molar-refractivity contribution is 0.0543. The van der Waals surface area contributed by atoms with E-state index in [1.165, 1.54) is 5.56 Å². The molecule has 1 saturated heterocycles. The number of ether oxygens (including phenoxy) is 2. The van der Waals surface area contributed by atoms with Gasteiger partial charge in [-0.2, -0.15) is 4.98 Å². The number of nitrogens with zero attached hydrogens (tertiary/aromatic N) is 2. The van der Waals surface area contributed by atoms with Gasteiger partial charge in [-0.25, -0.2) is 4.98 Å². The summed E-state index contributed by atoms with van der Waals surface area (Å²) in [6.45, 7) is 2.15. The predicted molar refractivity (Wildman–Crippen MR) is 146 cm³/mol. The fourth-order valence-corrected chi connectivity index (χ4v) is 4.77. The van der Waals surface area contributed by atoms with Gasteiger partial charge in [0.15, 0.2) is 0 Å². The molecule has 190 valence electrons. The van der Waals surface area contributed by atoms with Gasteiger partial charge in [0, 0.05) is 48.9 Å². The number of rotatable bonds is 8. The Morgan fingerprint density at radius 3 is 2.41 bits per heavy atom. The Morgan fingerprint density at radius 1 is 0.973 bits per heavy atom. The molecule has 8 heteroatoms. The van der Waals surface area contributed by atoms with E-state index in [4.69, 9.17) is 19.4 Å². The molecule has 3 aromatic carbocycles. The highest BCUT2D eigenvalue weighted by Gasteiger charge is 2.34. The summed E-state index contributed by atoms with van der Waals surface area (Å²) in [6.07, 6.45) is 1.83. The fourth-order valence-electron chi connectivity index (χ4n) is 4.77. The van der Waals surface area contributed by atoms with Crippen molar-refractivity contribution < 1.29 is 14.3 Å². The van der Waals surface area contributed by atoms with Crippen LogP contribution in [0.2, 0.25) is 0 Å². The largest absolute Gasteiger partial charge is 0.497 e. The van der Waals surface area contributed by atoms with E-state index in [2.05, 4.69) is 28.1 Å². The second kappa shape index (κ2) is 10.8. The van der Waals surface area contributed by atoms with E-state index in [-0.39, 0.29) is 11.3 Å². The molecule has 0 unspecified atom stereocenters. The smallest absolute Gasteiger partial charge is 0.251 e. The number of hydrogen-bond acceptors (Lipinski definition) is 7. The van der Waals surface area contributed by atoms with Crippen molar-refractivity contribution in [3.63, 3.8) is 0 Å². The van der Waals surface area contributed by atoms with E-state index in [1.807, 2.05) is 48.5 Å². The van der Waals surface area contributed by atoms with Crippen LogP contribution >= 0.6 is 0 Å². The molecule has 2 heterocycles. The van der Waals surface area contributed by atoms with Gasteiger partial charge < -0.3 is 25.4 Å². The maximum absolute atomic E-state index is 11.9. The van der Waals surface area contributed by atoms with Crippen LogP contribution in [0.3, 0.4) is 0 Å². The molecule has 8 nitrogen and oxygen atoms in total. The average molecular weight is 498 g/mol. The van der Waals surface area contributed by atoms with Gasteiger partial charge in [0.25, 0.3) is 5.91 Å². The number of amides is 1. The molecule has 0 saturated carbocycles. The Hall–Kier alpha value is -4.17. The van der Waals surface area contributed by atoms with Gasteiger partial charge in [-0.1, -0.05) is 24.3 Å². The minimum absolute atomic E-state index is 0.0835. The van der Waals surface area contributed by atoms with Crippen LogP contribution in [-0.4, -0.2) is 49.8 Å². The summed E-state index contributed by atoms with van der Waals surface area (Å²) < 4.78 is 11.1. The average Bonchev–Trinajstić information content (AvgIpc) is 2.96. The molecule has 0 radical (unpaired) electrons. The predicted octanol–water partition coefficient (Wildman–Crippen LogP) is 4.90. The Morgan fingerprint density at radius 2 is 1.70 bits per heavy atom. The number of aromatic nitrogens is 2. The van der Waals surface area contributed by atoms with E-state index in [0.29, 0.717) is 18.1 Å². The molecule has 0 aliphatic carbocycles. The van der Waals surface area contributed by atoms with E-state index in [9.17, 15) is 4.79 Å². The monoisotopic (exact) mass is 497 g/mol. The van der Waals surface area contributed by atoms with Gasteiger partial charge in [0.2, 0.25) is 5.95 Å². The van der Waals surface area contributed by atoms with Crippen molar-refractivity contribution in [3.8, 4) is 5.75 Å². The number of hydrogen-bond donors (Lipinski definition) is 3. The van der Waals surface area contributed by atoms with Crippen molar-refractivity contribution in [2.45, 2.75) is 18.3 Å². The summed E-state index contributed by atoms with van der Waals surface area (Å²) >= 11 is 0. The molecular weight excluding hydrogens is 466 g/mol. The fraction of sp³-hybridized carbons (Fsp3) is 0.276. The topological polar surface area (TPSA) is 97.4 Å². The number of fused-ring (bicyclic) bond motifs is 1. The van der Waals surface area contributed by atoms with Gasteiger partial charge >= 0.3 is 0 Å². The number of carbonyl (C=O) groups excluding carboxylic acids is 1. The highest BCUT2D eigenvalue weighted by atomic mass is 16.5. The summed E-state index contributed by atoms with van der Waals surface area (Å²) in [5.41, 5.74) is 3.41. The Kier molecular flexibility index (Phi) is 7.18. The highest BCUT2D eigenvalue weighted by Crippen LogP contribution is 2.36. The standard InChI is InChI=1S/C29H31N5O3/c1-30-27(35)20-7-11-22(12-8-20)32-28-33-25-6-4-3-5-24(25)26(34-28)31-19-29(15-17-37-18-16-29)21-9-13-23(36-2)14-10-21/h3-14H,15-19H2,1-2H3,(H,30,35)(H2,31,32,33,34). The summed E-state index contributed by atoms with van der Waals surface area (Å²) in [5, 5.41) is 10.5. The van der Waals surface area contributed by atoms with Gasteiger partial charge in [0.05, 0.1) is 12.6 Å². The Balaban J connectivity index is 1.42. The molecule has 1 aliphatic heterocycles. The lowest BCUT2D eigenvalue weighted by atomic mass is 9.74. The first-order chi connectivity index (χ1) is 18.1. The number of para-hydroxylation sites is 1. The van der Waals surface area contributed by atoms with Crippen molar-refractivity contribution in [1.82, 2.24) is 15.3 Å². The minimum atomic E-state index is -0.126. The lowest BCUT2D eigenvalue weighted by Gasteiger charge is -2.38. The molecule has 4 aromatic rings. The summed E-state index contributed by atoms with van der Waals surface area (Å²) in [4.78, 5) is 21.4. The Labute approximate surface area is 216 Å². The molecule has 1 aliphatic rings. The summed E-state index contributed by atoms with van der Waals surface area (Å²) in [5.74, 6) is 1.98. The maximum atomic E-state index is 11.9. The zero-order valence-electron chi connectivity index (χ0n) is 21.1. The van der Waals surface area contributed by atoms with E-state index < -0.39 is 0 Å². The van der Waals surface area contributed by atoms with Gasteiger partial charge in [-0.05, 0) is 66.9 Å². The van der Waals surface area contributed by atoms with Crippen molar-refractivity contribution in [3.05, 3.63) is 83.9 Å². The highest BCUT2D eigenvalue weighted by molar-refractivity contribution is 5.94. The van der Waals surface area contributed by atoms with Crippen LogP contribution in [0.25, 0.3) is 10.9 Å². The third kappa shape index (κ3) is 5.34. The van der Waals surface area contributed by atoms with Crippen LogP contribution in [-0.2, 0) is 10.2 Å². The van der Waals surface area contributed by atoms with Gasteiger partial charge in [-0.15, -0.1) is 0 Å². The molecule has 5 rings (SSSR count). The van der Waals surface area contributed by atoms with Crippen LogP contribution in [0, 0.1) is 0 Å². The number of anilines is 3. The third-order valence-electron chi connectivity index (χ3n) is 6.98. The second-order valence-electron chi connectivity index (χ2n) is 9.17. The molecule has 3 N–H and O–H groups in total. The molecule has 0 spiro atoms. The SMILES string of the molecule is CNC(=O)c1ccc(Nc2nc(NCC3(c4ccc(OC)cc4)CCOCC3)c3ccccc3n2)cc1. The number of carbonyl (C=O) groups is 1. The lowest BCUT2D eigenvalue weighted by Crippen LogP contribution is -2.40. The molecule has 1 fully saturated rings. The quantitative estimate of drug-likeness (QED) is 0.318. The van der Waals surface area contributed by atoms with Crippen molar-refractivity contribution in [1.29, 1.82) is 0 Å². The van der Waals surface area contributed by atoms with E-state index in [1.54, 1.807) is 26.3 Å². The normalized spacial score (nSPS) is 14.6. The van der Waals surface area contributed by atoms with Crippen molar-refractivity contribution in [2.75, 3.05) is 44.5 Å². The molecule has 1 amide bonds. The molecule has 0 atom stereocenters. The number of methoxy groups -OCH3 is 1. The van der Waals surface area contributed by atoms with Gasteiger partial charge in [-0.3, -0.25) is 4.79 Å². The first kappa shape index (κ1) is 24.5. The first-order valence-corrected chi connectivity index (χ1v) is 12.4. The van der Waals surface area contributed by atoms with Crippen LogP contribution < -0.4 is 20.7 Å². The first-order valence-electron chi connectivity index (χ1n) is 12.4. The van der Waals surface area contributed by atoms with Crippen molar-refractivity contribution in [2.24, 2.45) is 0 Å².